The number of rotatable bonds is 3. The molecule has 2 aliphatic heterocycles. The number of nitrogens with zero attached hydrogens (tertiary/aromatic N) is 1. The predicted octanol–water partition coefficient (Wildman–Crippen LogP) is 3.34. The zero-order valence-corrected chi connectivity index (χ0v) is 14.3. The number of hydrogen-bond donors (Lipinski definition) is 1. The van der Waals surface area contributed by atoms with Crippen LogP contribution in [0.1, 0.15) is 40.7 Å². The van der Waals surface area contributed by atoms with Crippen molar-refractivity contribution in [2.45, 2.75) is 25.7 Å². The van der Waals surface area contributed by atoms with Crippen LogP contribution in [0, 0.1) is 0 Å². The van der Waals surface area contributed by atoms with Crippen LogP contribution >= 0.6 is 0 Å². The largest absolute Gasteiger partial charge is 0.496 e. The number of ether oxygens (including phenoxy) is 1. The fraction of sp³-hybridized carbons (Fsp3) is 0.300. The molecule has 128 valence electrons. The molecule has 0 aromatic heterocycles. The van der Waals surface area contributed by atoms with Crippen molar-refractivity contribution in [2.75, 3.05) is 23.9 Å². The van der Waals surface area contributed by atoms with Crippen LogP contribution in [0.25, 0.3) is 0 Å². The Morgan fingerprint density at radius 3 is 2.88 bits per heavy atom. The standard InChI is InChI=1S/C20H20N2O3/c1-12-16-11-14(10-13-6-5-9-22(18(13)16)20(12)24)21-19(23)15-7-3-4-8-17(15)25-2/h3-4,7-8,10-12H,5-6,9H2,1-2H3,(H,21,23)/t12-/m0/s1. The van der Waals surface area contributed by atoms with E-state index in [1.807, 2.05) is 36.1 Å². The van der Waals surface area contributed by atoms with Gasteiger partial charge in [-0.2, -0.15) is 0 Å². The van der Waals surface area contributed by atoms with E-state index in [0.29, 0.717) is 11.3 Å². The van der Waals surface area contributed by atoms with Crippen molar-refractivity contribution < 1.29 is 14.3 Å². The first-order valence-corrected chi connectivity index (χ1v) is 8.52. The van der Waals surface area contributed by atoms with Crippen LogP contribution in [-0.4, -0.2) is 25.5 Å². The Bertz CT molecular complexity index is 875. The highest BCUT2D eigenvalue weighted by Crippen LogP contribution is 2.44. The first kappa shape index (κ1) is 15.7. The molecule has 4 rings (SSSR count). The summed E-state index contributed by atoms with van der Waals surface area (Å²) in [5, 5.41) is 2.96. The van der Waals surface area contributed by atoms with E-state index in [9.17, 15) is 9.59 Å². The Hall–Kier alpha value is -2.82. The van der Waals surface area contributed by atoms with Gasteiger partial charge in [-0.1, -0.05) is 12.1 Å². The molecule has 5 nitrogen and oxygen atoms in total. The SMILES string of the molecule is COc1ccccc1C(=O)Nc1cc2c3c(c1)[C@H](C)C(=O)N3CCC2. The number of nitrogens with one attached hydrogen (secondary N) is 1. The summed E-state index contributed by atoms with van der Waals surface area (Å²) in [4.78, 5) is 27.0. The molecule has 0 radical (unpaired) electrons. The lowest BCUT2D eigenvalue weighted by molar-refractivity contribution is -0.119. The maximum atomic E-state index is 12.6. The zero-order chi connectivity index (χ0) is 17.6. The molecule has 1 atom stereocenters. The van der Waals surface area contributed by atoms with Gasteiger partial charge in [-0.3, -0.25) is 9.59 Å². The Labute approximate surface area is 146 Å². The highest BCUT2D eigenvalue weighted by molar-refractivity contribution is 6.09. The monoisotopic (exact) mass is 336 g/mol. The van der Waals surface area contributed by atoms with Crippen molar-refractivity contribution >= 4 is 23.2 Å². The van der Waals surface area contributed by atoms with Crippen molar-refractivity contribution in [2.24, 2.45) is 0 Å². The average molecular weight is 336 g/mol. The summed E-state index contributed by atoms with van der Waals surface area (Å²) in [6.45, 7) is 2.72. The van der Waals surface area contributed by atoms with Crippen LogP contribution in [0.5, 0.6) is 5.75 Å². The van der Waals surface area contributed by atoms with Crippen LogP contribution < -0.4 is 15.0 Å². The summed E-state index contributed by atoms with van der Waals surface area (Å²) in [5.74, 6) is 0.325. The second-order valence-corrected chi connectivity index (χ2v) is 6.54. The van der Waals surface area contributed by atoms with Crippen LogP contribution in [0.2, 0.25) is 0 Å². The Balaban J connectivity index is 1.69. The summed E-state index contributed by atoms with van der Waals surface area (Å²) >= 11 is 0. The molecule has 2 amide bonds. The molecule has 0 fully saturated rings. The minimum Gasteiger partial charge on any atom is -0.496 e. The fourth-order valence-corrected chi connectivity index (χ4v) is 3.80. The van der Waals surface area contributed by atoms with Crippen LogP contribution in [-0.2, 0) is 11.2 Å². The second kappa shape index (κ2) is 5.92. The van der Waals surface area contributed by atoms with E-state index in [4.69, 9.17) is 4.74 Å². The summed E-state index contributed by atoms with van der Waals surface area (Å²) in [6, 6.07) is 11.1. The van der Waals surface area contributed by atoms with Gasteiger partial charge in [0.15, 0.2) is 0 Å². The number of anilines is 2. The first-order valence-electron chi connectivity index (χ1n) is 8.52. The van der Waals surface area contributed by atoms with E-state index >= 15 is 0 Å². The van der Waals surface area contributed by atoms with Gasteiger partial charge in [0.05, 0.1) is 24.3 Å². The van der Waals surface area contributed by atoms with E-state index < -0.39 is 0 Å². The van der Waals surface area contributed by atoms with Crippen molar-refractivity contribution in [1.82, 2.24) is 0 Å². The Morgan fingerprint density at radius 2 is 2.08 bits per heavy atom. The van der Waals surface area contributed by atoms with Crippen LogP contribution in [0.3, 0.4) is 0 Å². The van der Waals surface area contributed by atoms with Gasteiger partial charge < -0.3 is 15.0 Å². The first-order chi connectivity index (χ1) is 12.1. The molecule has 25 heavy (non-hydrogen) atoms. The van der Waals surface area contributed by atoms with E-state index in [-0.39, 0.29) is 17.7 Å². The van der Waals surface area contributed by atoms with Gasteiger partial charge in [0.2, 0.25) is 5.91 Å². The molecular formula is C20H20N2O3. The van der Waals surface area contributed by atoms with E-state index in [1.54, 1.807) is 19.2 Å². The van der Waals surface area contributed by atoms with E-state index in [2.05, 4.69) is 5.32 Å². The summed E-state index contributed by atoms with van der Waals surface area (Å²) in [5.41, 5.74) is 4.42. The second-order valence-electron chi connectivity index (χ2n) is 6.54. The van der Waals surface area contributed by atoms with Gasteiger partial charge in [-0.25, -0.2) is 0 Å². The molecule has 2 heterocycles. The number of methoxy groups -OCH3 is 1. The quantitative estimate of drug-likeness (QED) is 0.935. The van der Waals surface area contributed by atoms with Crippen molar-refractivity contribution in [3.8, 4) is 5.75 Å². The fourth-order valence-electron chi connectivity index (χ4n) is 3.80. The maximum Gasteiger partial charge on any atom is 0.259 e. The van der Waals surface area contributed by atoms with E-state index in [1.165, 1.54) is 0 Å². The van der Waals surface area contributed by atoms with Gasteiger partial charge in [0, 0.05) is 12.2 Å². The number of benzene rings is 2. The highest BCUT2D eigenvalue weighted by atomic mass is 16.5. The van der Waals surface area contributed by atoms with Gasteiger partial charge in [0.1, 0.15) is 5.75 Å². The third kappa shape index (κ3) is 2.47. The molecule has 0 bridgehead atoms. The molecule has 2 aromatic rings. The summed E-state index contributed by atoms with van der Waals surface area (Å²) in [6.07, 6.45) is 1.88. The van der Waals surface area contributed by atoms with Gasteiger partial charge in [0.25, 0.3) is 5.91 Å². The average Bonchev–Trinajstić information content (AvgIpc) is 2.88. The van der Waals surface area contributed by atoms with Crippen molar-refractivity contribution in [3.05, 3.63) is 53.1 Å². The minimum absolute atomic E-state index is 0.157. The molecule has 0 unspecified atom stereocenters. The number of aryl methyl sites for hydroxylation is 1. The molecule has 2 aromatic carbocycles. The maximum absolute atomic E-state index is 12.6. The zero-order valence-electron chi connectivity index (χ0n) is 14.3. The predicted molar refractivity (Wildman–Crippen MR) is 96.5 cm³/mol. The summed E-state index contributed by atoms with van der Waals surface area (Å²) in [7, 11) is 1.55. The lowest BCUT2D eigenvalue weighted by atomic mass is 9.96. The van der Waals surface area contributed by atoms with Gasteiger partial charge >= 0.3 is 0 Å². The topological polar surface area (TPSA) is 58.6 Å². The smallest absolute Gasteiger partial charge is 0.259 e. The molecule has 0 aliphatic carbocycles. The van der Waals surface area contributed by atoms with Gasteiger partial charge in [-0.15, -0.1) is 0 Å². The van der Waals surface area contributed by atoms with Crippen LogP contribution in [0.15, 0.2) is 36.4 Å². The molecule has 0 spiro atoms. The molecule has 1 N–H and O–H groups in total. The number of carbonyl (C=O) groups is 2. The van der Waals surface area contributed by atoms with Crippen molar-refractivity contribution in [1.29, 1.82) is 0 Å². The molecule has 0 saturated heterocycles. The number of carbonyl (C=O) groups excluding carboxylic acids is 2. The third-order valence-electron chi connectivity index (χ3n) is 5.03. The molecular weight excluding hydrogens is 316 g/mol. The van der Waals surface area contributed by atoms with Gasteiger partial charge in [-0.05, 0) is 55.2 Å². The normalized spacial score (nSPS) is 18.1. The third-order valence-corrected chi connectivity index (χ3v) is 5.03. The highest BCUT2D eigenvalue weighted by Gasteiger charge is 2.37. The molecule has 0 saturated carbocycles. The number of para-hydroxylation sites is 1. The number of hydrogen-bond acceptors (Lipinski definition) is 3. The molecule has 5 heteroatoms. The van der Waals surface area contributed by atoms with E-state index in [0.717, 1.165) is 41.9 Å². The summed E-state index contributed by atoms with van der Waals surface area (Å²) < 4.78 is 5.27. The lowest BCUT2D eigenvalue weighted by Gasteiger charge is -2.26. The molecule has 2 aliphatic rings. The lowest BCUT2D eigenvalue weighted by Crippen LogP contribution is -2.32. The Kier molecular flexibility index (Phi) is 3.71. The minimum atomic E-state index is -0.214. The van der Waals surface area contributed by atoms with Crippen LogP contribution in [0.4, 0.5) is 11.4 Å². The Morgan fingerprint density at radius 1 is 1.28 bits per heavy atom. The number of amides is 2. The van der Waals surface area contributed by atoms with Crippen molar-refractivity contribution in [3.63, 3.8) is 0 Å².